The monoisotopic (exact) mass is 415 g/mol. The van der Waals surface area contributed by atoms with Gasteiger partial charge in [-0.3, -0.25) is 0 Å². The van der Waals surface area contributed by atoms with Crippen molar-refractivity contribution in [2.75, 3.05) is 0 Å². The molecule has 0 amide bonds. The standard InChI is InChI=1S/C18H16NO3S.Y/c1-11-4-9-15-14(10-11)19-16(23-15)12-5-7-13(8-6-12)22-18(2,3)17(20)21;/h4-7,9-10H,1-3H3,(H,20,21);/q-1;. The van der Waals surface area contributed by atoms with Crippen molar-refractivity contribution >= 4 is 27.5 Å². The van der Waals surface area contributed by atoms with E-state index in [9.17, 15) is 4.79 Å². The molecule has 121 valence electrons. The Morgan fingerprint density at radius 3 is 2.67 bits per heavy atom. The number of aliphatic carboxylic acids is 1. The number of benzene rings is 2. The topological polar surface area (TPSA) is 59.4 Å². The van der Waals surface area contributed by atoms with Crippen molar-refractivity contribution in [2.24, 2.45) is 0 Å². The number of carboxylic acid groups (broad SMARTS) is 1. The number of rotatable bonds is 4. The quantitative estimate of drug-likeness (QED) is 0.646. The number of hydrogen-bond donors (Lipinski definition) is 1. The van der Waals surface area contributed by atoms with E-state index in [1.165, 1.54) is 19.4 Å². The van der Waals surface area contributed by atoms with Gasteiger partial charge in [-0.05, 0) is 38.5 Å². The second-order valence-corrected chi connectivity index (χ2v) is 6.88. The van der Waals surface area contributed by atoms with Crippen LogP contribution in [0.1, 0.15) is 19.4 Å². The summed E-state index contributed by atoms with van der Waals surface area (Å²) < 4.78 is 6.59. The number of carboxylic acids is 1. The molecule has 1 radical (unpaired) electrons. The maximum absolute atomic E-state index is 11.1. The van der Waals surface area contributed by atoms with Crippen LogP contribution >= 0.6 is 11.3 Å². The van der Waals surface area contributed by atoms with Gasteiger partial charge in [0.05, 0.1) is 15.2 Å². The van der Waals surface area contributed by atoms with Crippen molar-refractivity contribution in [3.8, 4) is 16.3 Å². The second-order valence-electron chi connectivity index (χ2n) is 5.85. The predicted octanol–water partition coefficient (Wildman–Crippen LogP) is 4.31. The fourth-order valence-corrected chi connectivity index (χ4v) is 3.03. The van der Waals surface area contributed by atoms with Gasteiger partial charge in [0.25, 0.3) is 0 Å². The zero-order chi connectivity index (χ0) is 16.6. The maximum atomic E-state index is 11.1. The van der Waals surface area contributed by atoms with E-state index in [-0.39, 0.29) is 32.7 Å². The Hall–Kier alpha value is -1.30. The molecule has 0 fully saturated rings. The van der Waals surface area contributed by atoms with Crippen molar-refractivity contribution in [1.29, 1.82) is 0 Å². The molecule has 4 nitrogen and oxygen atoms in total. The fraction of sp³-hybridized carbons (Fsp3) is 0.222. The molecule has 0 saturated carbocycles. The molecule has 0 bridgehead atoms. The summed E-state index contributed by atoms with van der Waals surface area (Å²) in [7, 11) is 0. The minimum absolute atomic E-state index is 0. The zero-order valence-corrected chi connectivity index (χ0v) is 17.3. The second kappa shape index (κ2) is 7.30. The van der Waals surface area contributed by atoms with E-state index in [1.54, 1.807) is 23.5 Å². The number of aromatic nitrogens is 1. The molecule has 3 rings (SSSR count). The molecule has 0 atom stereocenters. The first-order valence-corrected chi connectivity index (χ1v) is 7.98. The van der Waals surface area contributed by atoms with Gasteiger partial charge in [0, 0.05) is 38.5 Å². The van der Waals surface area contributed by atoms with Gasteiger partial charge in [-0.1, -0.05) is 11.6 Å². The van der Waals surface area contributed by atoms with E-state index >= 15 is 0 Å². The summed E-state index contributed by atoms with van der Waals surface area (Å²) in [4.78, 5) is 15.7. The van der Waals surface area contributed by atoms with Crippen LogP contribution in [0.15, 0.2) is 36.4 Å². The van der Waals surface area contributed by atoms with Crippen molar-refractivity contribution in [3.63, 3.8) is 0 Å². The zero-order valence-electron chi connectivity index (χ0n) is 13.7. The normalized spacial score (nSPS) is 11.1. The molecular formula is C18H16NO3SY-. The van der Waals surface area contributed by atoms with Gasteiger partial charge in [0.2, 0.25) is 0 Å². The number of ether oxygens (including phenoxy) is 1. The predicted molar refractivity (Wildman–Crippen MR) is 91.0 cm³/mol. The molecule has 0 spiro atoms. The van der Waals surface area contributed by atoms with Crippen molar-refractivity contribution in [1.82, 2.24) is 4.98 Å². The molecule has 0 saturated heterocycles. The Bertz CT molecular complexity index is 872. The summed E-state index contributed by atoms with van der Waals surface area (Å²) in [5.41, 5.74) is 1.81. The molecule has 6 heteroatoms. The summed E-state index contributed by atoms with van der Waals surface area (Å²) in [5, 5.41) is 10.00. The summed E-state index contributed by atoms with van der Waals surface area (Å²) >= 11 is 1.62. The van der Waals surface area contributed by atoms with E-state index < -0.39 is 11.6 Å². The molecule has 0 unspecified atom stereocenters. The van der Waals surface area contributed by atoms with Crippen LogP contribution in [0.25, 0.3) is 20.8 Å². The average molecular weight is 415 g/mol. The van der Waals surface area contributed by atoms with Crippen LogP contribution < -0.4 is 4.74 Å². The summed E-state index contributed by atoms with van der Waals surface area (Å²) in [6.45, 7) is 5.06. The van der Waals surface area contributed by atoms with Gasteiger partial charge in [-0.25, -0.2) is 9.78 Å². The Labute approximate surface area is 169 Å². The average Bonchev–Trinajstić information content (AvgIpc) is 2.90. The third-order valence-corrected chi connectivity index (χ3v) is 4.54. The van der Waals surface area contributed by atoms with Crippen LogP contribution in [-0.2, 0) is 37.5 Å². The van der Waals surface area contributed by atoms with Crippen LogP contribution in [0.3, 0.4) is 0 Å². The van der Waals surface area contributed by atoms with Gasteiger partial charge in [0.15, 0.2) is 5.60 Å². The molecular weight excluding hydrogens is 399 g/mol. The SMILES string of the molecule is Cc1ccc2sc(-c3c[c-]c(OC(C)(C)C(=O)O)cc3)nc2c1.[Y]. The van der Waals surface area contributed by atoms with Crippen molar-refractivity contribution in [3.05, 3.63) is 48.0 Å². The van der Waals surface area contributed by atoms with Gasteiger partial charge >= 0.3 is 5.97 Å². The number of nitrogens with zero attached hydrogens (tertiary/aromatic N) is 1. The Balaban J connectivity index is 0.00000208. The number of fused-ring (bicyclic) bond motifs is 1. The molecule has 0 aliphatic heterocycles. The minimum atomic E-state index is -1.29. The molecule has 0 aliphatic rings. The van der Waals surface area contributed by atoms with Crippen molar-refractivity contribution < 1.29 is 47.3 Å². The summed E-state index contributed by atoms with van der Waals surface area (Å²) in [6, 6.07) is 14.6. The first kappa shape index (κ1) is 19.0. The van der Waals surface area contributed by atoms with Gasteiger partial charge in [0.1, 0.15) is 0 Å². The fourth-order valence-electron chi connectivity index (χ4n) is 2.09. The molecule has 0 aliphatic carbocycles. The molecule has 1 N–H and O–H groups in total. The van der Waals surface area contributed by atoms with Gasteiger partial charge in [-0.2, -0.15) is 12.1 Å². The first-order chi connectivity index (χ1) is 10.8. The molecule has 3 aromatic rings. The van der Waals surface area contributed by atoms with Crippen molar-refractivity contribution in [2.45, 2.75) is 26.4 Å². The number of hydrogen-bond acceptors (Lipinski definition) is 4. The summed E-state index contributed by atoms with van der Waals surface area (Å²) in [6.07, 6.45) is 0. The van der Waals surface area contributed by atoms with Crippen LogP contribution in [0.4, 0.5) is 0 Å². The van der Waals surface area contributed by atoms with E-state index in [0.29, 0.717) is 5.75 Å². The first-order valence-electron chi connectivity index (χ1n) is 7.17. The van der Waals surface area contributed by atoms with Gasteiger partial charge in [-0.15, -0.1) is 23.5 Å². The van der Waals surface area contributed by atoms with Crippen LogP contribution in [0, 0.1) is 13.0 Å². The third-order valence-electron chi connectivity index (χ3n) is 3.45. The van der Waals surface area contributed by atoms with Crippen LogP contribution in [0.2, 0.25) is 0 Å². The van der Waals surface area contributed by atoms with Crippen LogP contribution in [0.5, 0.6) is 5.75 Å². The number of aryl methyl sites for hydroxylation is 1. The Kier molecular flexibility index (Phi) is 5.79. The molecule has 1 heterocycles. The number of carbonyl (C=O) groups is 1. The molecule has 2 aromatic carbocycles. The Morgan fingerprint density at radius 1 is 1.29 bits per heavy atom. The van der Waals surface area contributed by atoms with E-state index in [1.807, 2.05) is 13.0 Å². The van der Waals surface area contributed by atoms with Gasteiger partial charge < -0.3 is 9.84 Å². The largest absolute Gasteiger partial charge is 0.502 e. The van der Waals surface area contributed by atoms with Crippen LogP contribution in [-0.4, -0.2) is 21.7 Å². The number of thiazole rings is 1. The van der Waals surface area contributed by atoms with E-state index in [4.69, 9.17) is 9.84 Å². The maximum Gasteiger partial charge on any atom is 0.347 e. The van der Waals surface area contributed by atoms with E-state index in [0.717, 1.165) is 20.8 Å². The molecule has 1 aromatic heterocycles. The Morgan fingerprint density at radius 2 is 2.04 bits per heavy atom. The third kappa shape index (κ3) is 4.02. The smallest absolute Gasteiger partial charge is 0.347 e. The minimum Gasteiger partial charge on any atom is -0.502 e. The van der Waals surface area contributed by atoms with E-state index in [2.05, 4.69) is 29.2 Å². The summed E-state index contributed by atoms with van der Waals surface area (Å²) in [5.74, 6) is -0.616. The molecule has 24 heavy (non-hydrogen) atoms.